The highest BCUT2D eigenvalue weighted by Gasteiger charge is 2.40. The van der Waals surface area contributed by atoms with Crippen LogP contribution < -0.4 is 0 Å². The predicted octanol–water partition coefficient (Wildman–Crippen LogP) is 3.74. The summed E-state index contributed by atoms with van der Waals surface area (Å²) in [5.74, 6) is 0.0202. The van der Waals surface area contributed by atoms with Crippen LogP contribution in [0.2, 0.25) is 0 Å². The number of fused-ring (bicyclic) bond motifs is 2. The fraction of sp³-hybridized carbons (Fsp3) is 0.609. The Hall–Kier alpha value is -2.48. The summed E-state index contributed by atoms with van der Waals surface area (Å²) in [4.78, 5) is 30.7. The Kier molecular flexibility index (Phi) is 5.65. The van der Waals surface area contributed by atoms with Crippen LogP contribution in [0.15, 0.2) is 22.7 Å². The number of halogens is 1. The topological polar surface area (TPSA) is 69.9 Å². The third kappa shape index (κ3) is 4.05. The van der Waals surface area contributed by atoms with Gasteiger partial charge in [-0.15, -0.1) is 0 Å². The maximum atomic E-state index is 13.4. The third-order valence-corrected chi connectivity index (χ3v) is 7.11. The number of amides is 3. The van der Waals surface area contributed by atoms with Crippen molar-refractivity contribution in [1.82, 2.24) is 19.9 Å². The number of carbonyl (C=O) groups excluding carboxylic acids is 2. The molecule has 3 aliphatic rings. The van der Waals surface area contributed by atoms with Crippen LogP contribution in [0.25, 0.3) is 11.0 Å². The normalized spacial score (nSPS) is 23.2. The van der Waals surface area contributed by atoms with Crippen molar-refractivity contribution in [2.75, 3.05) is 32.7 Å². The molecule has 7 nitrogen and oxygen atoms in total. The lowest BCUT2D eigenvalue weighted by atomic mass is 9.91. The fourth-order valence-electron chi connectivity index (χ4n) is 5.35. The molecule has 1 aromatic carbocycles. The van der Waals surface area contributed by atoms with Crippen molar-refractivity contribution in [3.8, 4) is 0 Å². The minimum absolute atomic E-state index is 0.00585. The lowest BCUT2D eigenvalue weighted by Crippen LogP contribution is -2.54. The summed E-state index contributed by atoms with van der Waals surface area (Å²) in [6.07, 6.45) is 6.27. The van der Waals surface area contributed by atoms with Crippen molar-refractivity contribution in [3.05, 3.63) is 29.7 Å². The summed E-state index contributed by atoms with van der Waals surface area (Å²) in [5, 5.41) is 5.13. The number of imide groups is 1. The lowest BCUT2D eigenvalue weighted by Gasteiger charge is -2.36. The van der Waals surface area contributed by atoms with Gasteiger partial charge in [0.1, 0.15) is 5.82 Å². The summed E-state index contributed by atoms with van der Waals surface area (Å²) in [6, 6.07) is 4.66. The largest absolute Gasteiger partial charge is 0.356 e. The van der Waals surface area contributed by atoms with E-state index in [2.05, 4.69) is 10.1 Å². The molecular weight excluding hydrogens is 399 g/mol. The van der Waals surface area contributed by atoms with Gasteiger partial charge in [0.2, 0.25) is 5.91 Å². The zero-order chi connectivity index (χ0) is 21.4. The molecule has 5 rings (SSSR count). The van der Waals surface area contributed by atoms with E-state index in [1.165, 1.54) is 17.0 Å². The highest BCUT2D eigenvalue weighted by Crippen LogP contribution is 2.33. The summed E-state index contributed by atoms with van der Waals surface area (Å²) < 4.78 is 18.7. The van der Waals surface area contributed by atoms with E-state index in [4.69, 9.17) is 4.52 Å². The molecular formula is C23H29FN4O3. The summed E-state index contributed by atoms with van der Waals surface area (Å²) in [6.45, 7) is 4.26. The highest BCUT2D eigenvalue weighted by atomic mass is 19.1. The Bertz CT molecular complexity index is 969. The average molecular weight is 429 g/mol. The van der Waals surface area contributed by atoms with Crippen LogP contribution in [0.5, 0.6) is 0 Å². The van der Waals surface area contributed by atoms with Gasteiger partial charge < -0.3 is 14.3 Å². The van der Waals surface area contributed by atoms with Crippen LogP contribution in [-0.2, 0) is 4.79 Å². The number of unbranched alkanes of at least 4 members (excludes halogenated alkanes) is 1. The van der Waals surface area contributed by atoms with Gasteiger partial charge in [-0.2, -0.15) is 0 Å². The lowest BCUT2D eigenvalue weighted by molar-refractivity contribution is -0.132. The monoisotopic (exact) mass is 428 g/mol. The zero-order valence-corrected chi connectivity index (χ0v) is 17.8. The first-order valence-corrected chi connectivity index (χ1v) is 11.5. The Morgan fingerprint density at radius 2 is 1.87 bits per heavy atom. The van der Waals surface area contributed by atoms with Crippen LogP contribution in [0.4, 0.5) is 9.18 Å². The van der Waals surface area contributed by atoms with Crippen LogP contribution in [-0.4, -0.2) is 70.6 Å². The summed E-state index contributed by atoms with van der Waals surface area (Å²) in [7, 11) is 0. The molecule has 0 bridgehead atoms. The zero-order valence-electron chi connectivity index (χ0n) is 17.8. The second-order valence-electron chi connectivity index (χ2n) is 9.05. The van der Waals surface area contributed by atoms with Gasteiger partial charge in [0, 0.05) is 42.9 Å². The Labute approximate surface area is 181 Å². The predicted molar refractivity (Wildman–Crippen MR) is 113 cm³/mol. The van der Waals surface area contributed by atoms with Crippen LogP contribution in [0.3, 0.4) is 0 Å². The van der Waals surface area contributed by atoms with Crippen LogP contribution in [0.1, 0.15) is 56.6 Å². The van der Waals surface area contributed by atoms with E-state index in [1.807, 2.05) is 4.90 Å². The Balaban J connectivity index is 1.07. The number of piperidine rings is 1. The summed E-state index contributed by atoms with van der Waals surface area (Å²) in [5.41, 5.74) is 1.46. The molecule has 3 aliphatic heterocycles. The molecule has 3 amide bonds. The average Bonchev–Trinajstić information content (AvgIpc) is 3.40. The molecule has 3 saturated heterocycles. The minimum atomic E-state index is -0.307. The number of aromatic nitrogens is 1. The van der Waals surface area contributed by atoms with E-state index in [-0.39, 0.29) is 23.8 Å². The first-order valence-electron chi connectivity index (χ1n) is 11.5. The van der Waals surface area contributed by atoms with Gasteiger partial charge in [0.05, 0.1) is 5.69 Å². The van der Waals surface area contributed by atoms with E-state index in [0.717, 1.165) is 75.8 Å². The molecule has 1 atom stereocenters. The number of likely N-dealkylation sites (tertiary alicyclic amines) is 1. The molecule has 8 heteroatoms. The van der Waals surface area contributed by atoms with Crippen LogP contribution >= 0.6 is 0 Å². The molecule has 0 radical (unpaired) electrons. The molecule has 0 unspecified atom stereocenters. The number of carbonyl (C=O) groups is 2. The second kappa shape index (κ2) is 8.57. The SMILES string of the molecule is O=C1C[C@@H]2CCCN2C(=O)N1CCCCN1CCC(c2noc3cc(F)ccc23)CC1. The Morgan fingerprint density at radius 1 is 1.06 bits per heavy atom. The van der Waals surface area contributed by atoms with Gasteiger partial charge in [-0.3, -0.25) is 9.69 Å². The molecule has 2 aromatic rings. The number of nitrogens with zero attached hydrogens (tertiary/aromatic N) is 4. The molecule has 31 heavy (non-hydrogen) atoms. The van der Waals surface area contributed by atoms with Gasteiger partial charge in [0.15, 0.2) is 5.58 Å². The van der Waals surface area contributed by atoms with Crippen molar-refractivity contribution < 1.29 is 18.5 Å². The molecule has 1 aromatic heterocycles. The second-order valence-corrected chi connectivity index (χ2v) is 9.05. The van der Waals surface area contributed by atoms with Crippen molar-refractivity contribution in [1.29, 1.82) is 0 Å². The quantitative estimate of drug-likeness (QED) is 0.656. The molecule has 0 spiro atoms. The molecule has 166 valence electrons. The van der Waals surface area contributed by atoms with Crippen molar-refractivity contribution in [2.24, 2.45) is 0 Å². The van der Waals surface area contributed by atoms with Crippen molar-refractivity contribution in [3.63, 3.8) is 0 Å². The first-order chi connectivity index (χ1) is 15.1. The van der Waals surface area contributed by atoms with Gasteiger partial charge in [-0.1, -0.05) is 5.16 Å². The van der Waals surface area contributed by atoms with E-state index in [0.29, 0.717) is 24.5 Å². The van der Waals surface area contributed by atoms with Gasteiger partial charge >= 0.3 is 6.03 Å². The molecule has 0 aliphatic carbocycles. The molecule has 3 fully saturated rings. The molecule has 0 N–H and O–H groups in total. The Morgan fingerprint density at radius 3 is 2.71 bits per heavy atom. The van der Waals surface area contributed by atoms with Gasteiger partial charge in [-0.05, 0) is 70.3 Å². The smallest absolute Gasteiger partial charge is 0.326 e. The minimum Gasteiger partial charge on any atom is -0.356 e. The highest BCUT2D eigenvalue weighted by molar-refractivity contribution is 5.97. The van der Waals surface area contributed by atoms with Crippen molar-refractivity contribution >= 4 is 22.9 Å². The standard InChI is InChI=1S/C23H29FN4O3/c24-17-5-6-19-20(14-17)31-25-22(19)16-7-12-26(13-8-16)9-1-2-10-28-21(29)15-18-4-3-11-27(18)23(28)30/h5-6,14,16,18H,1-4,7-13,15H2/t18-/m0/s1. The number of hydrogen-bond acceptors (Lipinski definition) is 5. The van der Waals surface area contributed by atoms with Crippen LogP contribution in [0, 0.1) is 5.82 Å². The number of hydrogen-bond donors (Lipinski definition) is 0. The van der Waals surface area contributed by atoms with E-state index >= 15 is 0 Å². The third-order valence-electron chi connectivity index (χ3n) is 7.11. The van der Waals surface area contributed by atoms with E-state index < -0.39 is 0 Å². The number of rotatable bonds is 6. The molecule has 0 saturated carbocycles. The van der Waals surface area contributed by atoms with Gasteiger partial charge in [0.25, 0.3) is 0 Å². The maximum Gasteiger partial charge on any atom is 0.326 e. The van der Waals surface area contributed by atoms with E-state index in [9.17, 15) is 14.0 Å². The van der Waals surface area contributed by atoms with E-state index in [1.54, 1.807) is 6.07 Å². The van der Waals surface area contributed by atoms with Gasteiger partial charge in [-0.25, -0.2) is 9.18 Å². The summed E-state index contributed by atoms with van der Waals surface area (Å²) >= 11 is 0. The number of urea groups is 1. The maximum absolute atomic E-state index is 13.4. The number of benzene rings is 1. The molecule has 4 heterocycles. The first kappa shape index (κ1) is 20.4. The van der Waals surface area contributed by atoms with Crippen molar-refractivity contribution in [2.45, 2.75) is 56.9 Å². The fourth-order valence-corrected chi connectivity index (χ4v) is 5.35.